The van der Waals surface area contributed by atoms with E-state index in [1.807, 2.05) is 0 Å². The molecule has 2 aromatic rings. The number of ether oxygens (including phenoxy) is 1. The number of amides is 2. The van der Waals surface area contributed by atoms with E-state index < -0.39 is 18.5 Å². The highest BCUT2D eigenvalue weighted by Crippen LogP contribution is 2.26. The van der Waals surface area contributed by atoms with E-state index in [1.54, 1.807) is 19.9 Å². The Balaban J connectivity index is 1.95. The van der Waals surface area contributed by atoms with Crippen molar-refractivity contribution in [1.29, 1.82) is 0 Å². The lowest BCUT2D eigenvalue weighted by atomic mass is 10.2. The van der Waals surface area contributed by atoms with Crippen LogP contribution in [0.2, 0.25) is 0 Å². The topological polar surface area (TPSA) is 75.7 Å². The third-order valence-corrected chi connectivity index (χ3v) is 4.55. The molecule has 1 heterocycles. The number of thiophene rings is 1. The predicted octanol–water partition coefficient (Wildman–Crippen LogP) is 2.18. The molecule has 0 bridgehead atoms. The maximum Gasteiger partial charge on any atom is 0.348 e. The summed E-state index contributed by atoms with van der Waals surface area (Å²) in [6, 6.07) is 5.77. The number of fused-ring (bicyclic) bond motifs is 1. The summed E-state index contributed by atoms with van der Waals surface area (Å²) in [7, 11) is 0. The van der Waals surface area contributed by atoms with Crippen molar-refractivity contribution >= 4 is 39.2 Å². The highest BCUT2D eigenvalue weighted by atomic mass is 32.1. The van der Waals surface area contributed by atoms with Crippen LogP contribution in [0.25, 0.3) is 10.1 Å². The quantitative estimate of drug-likeness (QED) is 0.762. The van der Waals surface area contributed by atoms with Crippen LogP contribution < -0.4 is 5.32 Å². The lowest BCUT2D eigenvalue weighted by molar-refractivity contribution is -0.138. The van der Waals surface area contributed by atoms with Crippen LogP contribution in [-0.4, -0.2) is 48.9 Å². The van der Waals surface area contributed by atoms with Gasteiger partial charge in [0.05, 0.1) is 6.54 Å². The minimum atomic E-state index is -0.649. The van der Waals surface area contributed by atoms with Crippen molar-refractivity contribution in [1.82, 2.24) is 10.2 Å². The third-order valence-electron chi connectivity index (χ3n) is 3.45. The first-order chi connectivity index (χ1) is 11.9. The summed E-state index contributed by atoms with van der Waals surface area (Å²) >= 11 is 1.17. The molecule has 0 fully saturated rings. The van der Waals surface area contributed by atoms with Crippen LogP contribution in [0.15, 0.2) is 24.3 Å². The molecule has 0 aliphatic carbocycles. The normalized spacial score (nSPS) is 10.5. The summed E-state index contributed by atoms with van der Waals surface area (Å²) in [6.45, 7) is 3.80. The lowest BCUT2D eigenvalue weighted by Gasteiger charge is -2.19. The number of hydrogen-bond acceptors (Lipinski definition) is 5. The van der Waals surface area contributed by atoms with Crippen molar-refractivity contribution in [3.05, 3.63) is 35.0 Å². The van der Waals surface area contributed by atoms with Gasteiger partial charge < -0.3 is 15.0 Å². The number of nitrogens with zero attached hydrogens (tertiary/aromatic N) is 1. The molecule has 0 saturated carbocycles. The number of rotatable bonds is 7. The molecule has 1 aromatic carbocycles. The summed E-state index contributed by atoms with van der Waals surface area (Å²) < 4.78 is 19.0. The minimum absolute atomic E-state index is 0.0805. The van der Waals surface area contributed by atoms with E-state index >= 15 is 0 Å². The first-order valence-corrected chi connectivity index (χ1v) is 8.67. The zero-order chi connectivity index (χ0) is 18.4. The van der Waals surface area contributed by atoms with Crippen LogP contribution in [0, 0.1) is 5.82 Å². The molecular formula is C17H19FN2O4S. The zero-order valence-electron chi connectivity index (χ0n) is 14.0. The molecule has 1 N–H and O–H groups in total. The fourth-order valence-electron chi connectivity index (χ4n) is 2.21. The van der Waals surface area contributed by atoms with Gasteiger partial charge in [0.25, 0.3) is 5.91 Å². The Bertz CT molecular complexity index is 790. The largest absolute Gasteiger partial charge is 0.451 e. The Hall–Kier alpha value is -2.48. The maximum absolute atomic E-state index is 13.2. The summed E-state index contributed by atoms with van der Waals surface area (Å²) in [4.78, 5) is 37.3. The number of nitrogens with one attached hydrogen (secondary N) is 1. The van der Waals surface area contributed by atoms with Gasteiger partial charge in [0.2, 0.25) is 5.91 Å². The Morgan fingerprint density at radius 1 is 1.24 bits per heavy atom. The maximum atomic E-state index is 13.2. The fraction of sp³-hybridized carbons (Fsp3) is 0.353. The van der Waals surface area contributed by atoms with Gasteiger partial charge in [-0.25, -0.2) is 9.18 Å². The van der Waals surface area contributed by atoms with E-state index in [0.717, 1.165) is 4.70 Å². The van der Waals surface area contributed by atoms with Gasteiger partial charge in [0.1, 0.15) is 10.7 Å². The van der Waals surface area contributed by atoms with Crippen LogP contribution in [0.3, 0.4) is 0 Å². The zero-order valence-corrected chi connectivity index (χ0v) is 14.8. The summed E-state index contributed by atoms with van der Waals surface area (Å²) in [6.07, 6.45) is 0. The molecule has 6 nitrogen and oxygen atoms in total. The molecule has 1 aromatic heterocycles. The van der Waals surface area contributed by atoms with E-state index in [1.165, 1.54) is 34.4 Å². The van der Waals surface area contributed by atoms with Crippen molar-refractivity contribution in [3.63, 3.8) is 0 Å². The van der Waals surface area contributed by atoms with E-state index in [0.29, 0.717) is 23.4 Å². The second-order valence-electron chi connectivity index (χ2n) is 5.23. The van der Waals surface area contributed by atoms with Gasteiger partial charge >= 0.3 is 5.97 Å². The summed E-state index contributed by atoms with van der Waals surface area (Å²) in [5.41, 5.74) is 0. The van der Waals surface area contributed by atoms with Crippen molar-refractivity contribution in [2.24, 2.45) is 0 Å². The average Bonchev–Trinajstić information content (AvgIpc) is 3.00. The monoisotopic (exact) mass is 366 g/mol. The van der Waals surface area contributed by atoms with E-state index in [4.69, 9.17) is 4.74 Å². The summed E-state index contributed by atoms with van der Waals surface area (Å²) in [5.74, 6) is -1.75. The first kappa shape index (κ1) is 18.9. The Morgan fingerprint density at radius 3 is 2.68 bits per heavy atom. The van der Waals surface area contributed by atoms with Gasteiger partial charge in [-0.2, -0.15) is 0 Å². The average molecular weight is 366 g/mol. The predicted molar refractivity (Wildman–Crippen MR) is 93.0 cm³/mol. The van der Waals surface area contributed by atoms with Crippen LogP contribution in [0.1, 0.15) is 23.5 Å². The van der Waals surface area contributed by atoms with Crippen LogP contribution in [0.4, 0.5) is 4.39 Å². The SMILES string of the molecule is CCNC(=O)CN(CC)C(=O)COC(=O)c1cc2cc(F)ccc2s1. The molecule has 25 heavy (non-hydrogen) atoms. The smallest absolute Gasteiger partial charge is 0.348 e. The van der Waals surface area contributed by atoms with Crippen molar-refractivity contribution in [2.75, 3.05) is 26.2 Å². The lowest BCUT2D eigenvalue weighted by Crippen LogP contribution is -2.42. The molecule has 0 aliphatic heterocycles. The van der Waals surface area contributed by atoms with Crippen molar-refractivity contribution < 1.29 is 23.5 Å². The molecule has 2 amide bonds. The Kier molecular flexibility index (Phi) is 6.46. The number of carbonyl (C=O) groups is 3. The molecule has 134 valence electrons. The molecule has 0 spiro atoms. The van der Waals surface area contributed by atoms with E-state index in [2.05, 4.69) is 5.32 Å². The number of halogens is 1. The number of benzene rings is 1. The highest BCUT2D eigenvalue weighted by Gasteiger charge is 2.18. The van der Waals surface area contributed by atoms with Crippen LogP contribution in [0.5, 0.6) is 0 Å². The Morgan fingerprint density at radius 2 is 2.00 bits per heavy atom. The highest BCUT2D eigenvalue weighted by molar-refractivity contribution is 7.20. The molecule has 0 aliphatic rings. The van der Waals surface area contributed by atoms with Gasteiger partial charge in [-0.3, -0.25) is 9.59 Å². The van der Waals surface area contributed by atoms with Crippen molar-refractivity contribution in [3.8, 4) is 0 Å². The van der Waals surface area contributed by atoms with Gasteiger partial charge in [0.15, 0.2) is 6.61 Å². The van der Waals surface area contributed by atoms with E-state index in [9.17, 15) is 18.8 Å². The molecule has 2 rings (SSSR count). The van der Waals surface area contributed by atoms with Crippen molar-refractivity contribution in [2.45, 2.75) is 13.8 Å². The molecule has 0 unspecified atom stereocenters. The van der Waals surface area contributed by atoms with Gasteiger partial charge in [-0.1, -0.05) is 0 Å². The van der Waals surface area contributed by atoms with Gasteiger partial charge in [-0.05, 0) is 43.5 Å². The number of hydrogen-bond donors (Lipinski definition) is 1. The van der Waals surface area contributed by atoms with Crippen LogP contribution >= 0.6 is 11.3 Å². The second-order valence-corrected chi connectivity index (χ2v) is 6.31. The van der Waals surface area contributed by atoms with E-state index in [-0.39, 0.29) is 18.3 Å². The number of carbonyl (C=O) groups excluding carboxylic acids is 3. The fourth-order valence-corrected chi connectivity index (χ4v) is 3.14. The standard InChI is InChI=1S/C17H19FN2O4S/c1-3-19-15(21)9-20(4-2)16(22)10-24-17(23)14-8-11-7-12(18)5-6-13(11)25-14/h5-8H,3-4,9-10H2,1-2H3,(H,19,21). The Labute approximate surface area is 148 Å². The third kappa shape index (κ3) is 4.99. The first-order valence-electron chi connectivity index (χ1n) is 7.85. The molecule has 0 saturated heterocycles. The minimum Gasteiger partial charge on any atom is -0.451 e. The van der Waals surface area contributed by atoms with Crippen LogP contribution in [-0.2, 0) is 14.3 Å². The number of esters is 1. The molecule has 0 atom stereocenters. The van der Waals surface area contributed by atoms with Gasteiger partial charge in [-0.15, -0.1) is 11.3 Å². The molecule has 8 heteroatoms. The molecule has 0 radical (unpaired) electrons. The number of likely N-dealkylation sites (N-methyl/N-ethyl adjacent to an activating group) is 2. The molecular weight excluding hydrogens is 347 g/mol. The summed E-state index contributed by atoms with van der Waals surface area (Å²) in [5, 5.41) is 3.21. The second kappa shape index (κ2) is 8.57. The van der Waals surface area contributed by atoms with Gasteiger partial charge in [0, 0.05) is 17.8 Å².